The van der Waals surface area contributed by atoms with Crippen molar-refractivity contribution in [3.8, 4) is 0 Å². The van der Waals surface area contributed by atoms with Crippen LogP contribution in [-0.2, 0) is 0 Å². The number of rotatable bonds is 3. The summed E-state index contributed by atoms with van der Waals surface area (Å²) < 4.78 is 0. The van der Waals surface area contributed by atoms with Crippen LogP contribution in [0.5, 0.6) is 0 Å². The first-order chi connectivity index (χ1) is 6.74. The van der Waals surface area contributed by atoms with Gasteiger partial charge in [-0.05, 0) is 25.0 Å². The summed E-state index contributed by atoms with van der Waals surface area (Å²) in [6.45, 7) is 7.66. The highest BCUT2D eigenvalue weighted by Crippen LogP contribution is 2.02. The summed E-state index contributed by atoms with van der Waals surface area (Å²) in [7, 11) is 0. The maximum absolute atomic E-state index is 4.35. The molecule has 0 unspecified atom stereocenters. The lowest BCUT2D eigenvalue weighted by Crippen LogP contribution is -1.92. The molecule has 0 atom stereocenters. The van der Waals surface area contributed by atoms with E-state index >= 15 is 0 Å². The molecule has 1 aromatic rings. The van der Waals surface area contributed by atoms with E-state index < -0.39 is 0 Å². The molecule has 0 bridgehead atoms. The van der Waals surface area contributed by atoms with Gasteiger partial charge in [0.25, 0.3) is 0 Å². The summed E-state index contributed by atoms with van der Waals surface area (Å²) in [6.07, 6.45) is 3.62. The molecule has 1 nitrogen and oxygen atoms in total. The number of nitrogens with zero attached hydrogens (tertiary/aromatic N) is 1. The summed E-state index contributed by atoms with van der Waals surface area (Å²) >= 11 is 0. The van der Waals surface area contributed by atoms with Crippen LogP contribution in [0.15, 0.2) is 59.8 Å². The molecular formula is C13H15N. The van der Waals surface area contributed by atoms with E-state index in [0.29, 0.717) is 0 Å². The van der Waals surface area contributed by atoms with Gasteiger partial charge in [-0.1, -0.05) is 43.0 Å². The van der Waals surface area contributed by atoms with E-state index in [1.807, 2.05) is 38.2 Å². The lowest BCUT2D eigenvalue weighted by molar-refractivity contribution is 1.41. The molecular weight excluding hydrogens is 170 g/mol. The average Bonchev–Trinajstić information content (AvgIpc) is 2.26. The van der Waals surface area contributed by atoms with Crippen molar-refractivity contribution in [2.75, 3.05) is 0 Å². The van der Waals surface area contributed by atoms with Crippen molar-refractivity contribution in [1.82, 2.24) is 0 Å². The molecule has 0 aliphatic rings. The van der Waals surface area contributed by atoms with Crippen molar-refractivity contribution in [2.24, 2.45) is 4.99 Å². The van der Waals surface area contributed by atoms with E-state index in [1.165, 1.54) is 0 Å². The molecule has 0 saturated heterocycles. The molecule has 0 heterocycles. The van der Waals surface area contributed by atoms with Crippen LogP contribution in [0.2, 0.25) is 0 Å². The van der Waals surface area contributed by atoms with Crippen LogP contribution < -0.4 is 0 Å². The quantitative estimate of drug-likeness (QED) is 0.504. The molecule has 0 spiro atoms. The van der Waals surface area contributed by atoms with Gasteiger partial charge in [-0.25, -0.2) is 0 Å². The molecule has 1 heteroatoms. The zero-order valence-corrected chi connectivity index (χ0v) is 8.70. The smallest absolute Gasteiger partial charge is 0.0444 e. The van der Waals surface area contributed by atoms with Crippen molar-refractivity contribution < 1.29 is 0 Å². The minimum atomic E-state index is 1.02. The first kappa shape index (κ1) is 10.5. The lowest BCUT2D eigenvalue weighted by atomic mass is 10.1. The van der Waals surface area contributed by atoms with Crippen molar-refractivity contribution in [2.45, 2.75) is 13.8 Å². The summed E-state index contributed by atoms with van der Waals surface area (Å²) in [5, 5.41) is 0. The molecule has 0 radical (unpaired) electrons. The zero-order valence-electron chi connectivity index (χ0n) is 8.70. The Labute approximate surface area is 85.5 Å². The molecule has 0 aliphatic heterocycles. The minimum Gasteiger partial charge on any atom is -0.261 e. The Kier molecular flexibility index (Phi) is 3.86. The topological polar surface area (TPSA) is 12.4 Å². The predicted octanol–water partition coefficient (Wildman–Crippen LogP) is 3.59. The molecule has 1 rings (SSSR count). The largest absolute Gasteiger partial charge is 0.261 e. The van der Waals surface area contributed by atoms with Gasteiger partial charge < -0.3 is 0 Å². The Morgan fingerprint density at radius 2 is 1.86 bits per heavy atom. The maximum atomic E-state index is 4.35. The van der Waals surface area contributed by atoms with E-state index in [4.69, 9.17) is 0 Å². The summed E-state index contributed by atoms with van der Waals surface area (Å²) in [4.78, 5) is 4.35. The number of aliphatic imine (C=N–C) groups is 1. The van der Waals surface area contributed by atoms with Gasteiger partial charge in [-0.15, -0.1) is 0 Å². The fourth-order valence-electron chi connectivity index (χ4n) is 1.01. The van der Waals surface area contributed by atoms with Crippen molar-refractivity contribution in [3.63, 3.8) is 0 Å². The fraction of sp³-hybridized carbons (Fsp3) is 0.154. The normalized spacial score (nSPS) is 12.7. The van der Waals surface area contributed by atoms with Crippen LogP contribution in [0, 0.1) is 0 Å². The second-order valence-corrected chi connectivity index (χ2v) is 3.16. The summed E-state index contributed by atoms with van der Waals surface area (Å²) in [5.74, 6) is 0. The Balaban J connectivity index is 2.86. The minimum absolute atomic E-state index is 1.02. The van der Waals surface area contributed by atoms with E-state index in [9.17, 15) is 0 Å². The monoisotopic (exact) mass is 185 g/mol. The Bertz CT molecular complexity index is 358. The molecule has 14 heavy (non-hydrogen) atoms. The molecule has 1 aromatic carbocycles. The first-order valence-electron chi connectivity index (χ1n) is 4.63. The number of hydrogen-bond donors (Lipinski definition) is 0. The van der Waals surface area contributed by atoms with Crippen molar-refractivity contribution in [3.05, 3.63) is 60.3 Å². The number of hydrogen-bond acceptors (Lipinski definition) is 1. The van der Waals surface area contributed by atoms with Crippen molar-refractivity contribution >= 4 is 5.71 Å². The van der Waals surface area contributed by atoms with Crippen LogP contribution in [0.3, 0.4) is 0 Å². The molecule has 0 amide bonds. The zero-order chi connectivity index (χ0) is 10.4. The van der Waals surface area contributed by atoms with Gasteiger partial charge in [-0.2, -0.15) is 0 Å². The SMILES string of the molecule is C=C/C(C)=C\N=C(C)c1ccccc1. The molecule has 0 fully saturated rings. The van der Waals surface area contributed by atoms with E-state index in [2.05, 4.69) is 23.7 Å². The van der Waals surface area contributed by atoms with Crippen molar-refractivity contribution in [1.29, 1.82) is 0 Å². The molecule has 0 aromatic heterocycles. The predicted molar refractivity (Wildman–Crippen MR) is 62.6 cm³/mol. The Morgan fingerprint density at radius 1 is 1.21 bits per heavy atom. The third-order valence-corrected chi connectivity index (χ3v) is 1.98. The molecule has 72 valence electrons. The third kappa shape index (κ3) is 3.02. The Morgan fingerprint density at radius 3 is 2.43 bits per heavy atom. The lowest BCUT2D eigenvalue weighted by Gasteiger charge is -1.97. The third-order valence-electron chi connectivity index (χ3n) is 1.98. The maximum Gasteiger partial charge on any atom is 0.0444 e. The van der Waals surface area contributed by atoms with Gasteiger partial charge in [0.05, 0.1) is 0 Å². The van der Waals surface area contributed by atoms with Crippen LogP contribution >= 0.6 is 0 Å². The summed E-state index contributed by atoms with van der Waals surface area (Å²) in [5.41, 5.74) is 3.24. The average molecular weight is 185 g/mol. The van der Waals surface area contributed by atoms with Gasteiger partial charge >= 0.3 is 0 Å². The van der Waals surface area contributed by atoms with E-state index in [-0.39, 0.29) is 0 Å². The fourth-order valence-corrected chi connectivity index (χ4v) is 1.01. The van der Waals surface area contributed by atoms with Gasteiger partial charge in [0.1, 0.15) is 0 Å². The molecule has 0 aliphatic carbocycles. The second kappa shape index (κ2) is 5.18. The van der Waals surface area contributed by atoms with Gasteiger partial charge in [-0.3, -0.25) is 4.99 Å². The summed E-state index contributed by atoms with van der Waals surface area (Å²) in [6, 6.07) is 10.1. The van der Waals surface area contributed by atoms with E-state index in [0.717, 1.165) is 16.8 Å². The highest BCUT2D eigenvalue weighted by atomic mass is 14.7. The van der Waals surface area contributed by atoms with Gasteiger partial charge in [0.15, 0.2) is 0 Å². The van der Waals surface area contributed by atoms with Crippen LogP contribution in [0.1, 0.15) is 19.4 Å². The van der Waals surface area contributed by atoms with Crippen LogP contribution in [-0.4, -0.2) is 5.71 Å². The second-order valence-electron chi connectivity index (χ2n) is 3.16. The van der Waals surface area contributed by atoms with Gasteiger partial charge in [0, 0.05) is 11.9 Å². The van der Waals surface area contributed by atoms with E-state index in [1.54, 1.807) is 6.08 Å². The highest BCUT2D eigenvalue weighted by Gasteiger charge is 1.92. The molecule has 0 N–H and O–H groups in total. The molecule has 0 saturated carbocycles. The highest BCUT2D eigenvalue weighted by molar-refractivity contribution is 5.99. The number of benzene rings is 1. The van der Waals surface area contributed by atoms with Crippen LogP contribution in [0.25, 0.3) is 0 Å². The number of allylic oxidation sites excluding steroid dienone is 2. The Hall–Kier alpha value is -1.63. The standard InChI is InChI=1S/C13H15N/c1-4-11(2)10-14-12(3)13-8-6-5-7-9-13/h4-10H,1H2,2-3H3/b11-10-,14-12?. The first-order valence-corrected chi connectivity index (χ1v) is 4.63. The van der Waals surface area contributed by atoms with Gasteiger partial charge in [0.2, 0.25) is 0 Å². The van der Waals surface area contributed by atoms with Crippen LogP contribution in [0.4, 0.5) is 0 Å².